The summed E-state index contributed by atoms with van der Waals surface area (Å²) in [5, 5.41) is 0. The normalized spacial score (nSPS) is 21.6. The number of benzene rings is 1. The third-order valence-electron chi connectivity index (χ3n) is 4.08. The molecule has 3 nitrogen and oxygen atoms in total. The van der Waals surface area contributed by atoms with Crippen molar-refractivity contribution in [3.8, 4) is 0 Å². The fourth-order valence-electron chi connectivity index (χ4n) is 2.89. The Labute approximate surface area is 119 Å². The van der Waals surface area contributed by atoms with E-state index in [1.807, 2.05) is 7.05 Å². The molecule has 2 N–H and O–H groups in total. The molecule has 2 unspecified atom stereocenters. The van der Waals surface area contributed by atoms with Crippen LogP contribution in [-0.4, -0.2) is 49.6 Å². The summed E-state index contributed by atoms with van der Waals surface area (Å²) in [6.07, 6.45) is 2.41. The minimum atomic E-state index is -0.837. The van der Waals surface area contributed by atoms with E-state index in [0.717, 1.165) is 19.2 Å². The van der Waals surface area contributed by atoms with Crippen LogP contribution in [0.4, 0.5) is 8.78 Å². The lowest BCUT2D eigenvalue weighted by atomic mass is 10.1. The zero-order valence-corrected chi connectivity index (χ0v) is 12.1. The van der Waals surface area contributed by atoms with Crippen LogP contribution >= 0.6 is 0 Å². The van der Waals surface area contributed by atoms with E-state index in [0.29, 0.717) is 12.6 Å². The van der Waals surface area contributed by atoms with Gasteiger partial charge in [0, 0.05) is 30.7 Å². The molecule has 1 heterocycles. The van der Waals surface area contributed by atoms with Gasteiger partial charge in [0.15, 0.2) is 11.6 Å². The van der Waals surface area contributed by atoms with Crippen LogP contribution in [0.1, 0.15) is 24.4 Å². The van der Waals surface area contributed by atoms with Gasteiger partial charge in [-0.3, -0.25) is 0 Å². The van der Waals surface area contributed by atoms with Crippen LogP contribution in [0.2, 0.25) is 0 Å². The van der Waals surface area contributed by atoms with Gasteiger partial charge in [-0.1, -0.05) is 12.1 Å². The fraction of sp³-hybridized carbons (Fsp3) is 0.600. The van der Waals surface area contributed by atoms with Crippen molar-refractivity contribution >= 4 is 0 Å². The summed E-state index contributed by atoms with van der Waals surface area (Å²) in [7, 11) is 4.10. The van der Waals surface area contributed by atoms with Crippen LogP contribution in [0.5, 0.6) is 0 Å². The highest BCUT2D eigenvalue weighted by Gasteiger charge is 2.23. The van der Waals surface area contributed by atoms with Crippen LogP contribution < -0.4 is 5.73 Å². The van der Waals surface area contributed by atoms with Gasteiger partial charge in [0.1, 0.15) is 0 Å². The van der Waals surface area contributed by atoms with Crippen molar-refractivity contribution < 1.29 is 8.78 Å². The van der Waals surface area contributed by atoms with E-state index < -0.39 is 17.7 Å². The van der Waals surface area contributed by atoms with Gasteiger partial charge < -0.3 is 15.5 Å². The predicted octanol–water partition coefficient (Wildman–Crippen LogP) is 1.99. The smallest absolute Gasteiger partial charge is 0.163 e. The molecule has 1 fully saturated rings. The van der Waals surface area contributed by atoms with Gasteiger partial charge in [-0.2, -0.15) is 0 Å². The molecular formula is C15H23F2N3. The average Bonchev–Trinajstić information content (AvgIpc) is 2.78. The molecule has 1 saturated heterocycles. The number of likely N-dealkylation sites (N-methyl/N-ethyl adjacent to an activating group) is 2. The number of nitrogens with zero attached hydrogens (tertiary/aromatic N) is 2. The van der Waals surface area contributed by atoms with Gasteiger partial charge in [-0.05, 0) is 39.5 Å². The minimum Gasteiger partial charge on any atom is -0.323 e. The maximum atomic E-state index is 13.7. The highest BCUT2D eigenvalue weighted by atomic mass is 19.2. The molecule has 0 saturated carbocycles. The third kappa shape index (κ3) is 3.53. The molecule has 1 aliphatic heterocycles. The number of nitrogens with two attached hydrogens (primary N) is 1. The van der Waals surface area contributed by atoms with E-state index in [1.165, 1.54) is 18.9 Å². The second kappa shape index (κ2) is 6.61. The highest BCUT2D eigenvalue weighted by molar-refractivity contribution is 5.22. The quantitative estimate of drug-likeness (QED) is 0.897. The lowest BCUT2D eigenvalue weighted by molar-refractivity contribution is 0.212. The Morgan fingerprint density at radius 2 is 2.20 bits per heavy atom. The molecular weight excluding hydrogens is 260 g/mol. The fourth-order valence-corrected chi connectivity index (χ4v) is 2.89. The van der Waals surface area contributed by atoms with Gasteiger partial charge in [-0.25, -0.2) is 8.78 Å². The molecule has 5 heteroatoms. The third-order valence-corrected chi connectivity index (χ3v) is 4.08. The Morgan fingerprint density at radius 1 is 1.45 bits per heavy atom. The molecule has 2 atom stereocenters. The first kappa shape index (κ1) is 15.4. The molecule has 0 aromatic heterocycles. The van der Waals surface area contributed by atoms with Crippen LogP contribution in [0.25, 0.3) is 0 Å². The van der Waals surface area contributed by atoms with E-state index in [9.17, 15) is 8.78 Å². The lowest BCUT2D eigenvalue weighted by Gasteiger charge is -2.27. The molecule has 0 spiro atoms. The van der Waals surface area contributed by atoms with Crippen molar-refractivity contribution in [1.29, 1.82) is 0 Å². The van der Waals surface area contributed by atoms with Crippen molar-refractivity contribution in [1.82, 2.24) is 9.80 Å². The van der Waals surface area contributed by atoms with Crippen molar-refractivity contribution in [2.24, 2.45) is 5.73 Å². The van der Waals surface area contributed by atoms with Gasteiger partial charge >= 0.3 is 0 Å². The van der Waals surface area contributed by atoms with Gasteiger partial charge in [0.05, 0.1) is 0 Å². The van der Waals surface area contributed by atoms with Gasteiger partial charge in [-0.15, -0.1) is 0 Å². The molecule has 1 aromatic rings. The van der Waals surface area contributed by atoms with Crippen LogP contribution in [0, 0.1) is 11.6 Å². The van der Waals surface area contributed by atoms with Gasteiger partial charge in [0.2, 0.25) is 0 Å². The highest BCUT2D eigenvalue weighted by Crippen LogP contribution is 2.20. The summed E-state index contributed by atoms with van der Waals surface area (Å²) in [5.74, 6) is -1.66. The summed E-state index contributed by atoms with van der Waals surface area (Å²) < 4.78 is 26.9. The van der Waals surface area contributed by atoms with Crippen molar-refractivity contribution in [3.05, 3.63) is 35.4 Å². The summed E-state index contributed by atoms with van der Waals surface area (Å²) in [5.41, 5.74) is 6.26. The molecule has 1 aromatic carbocycles. The van der Waals surface area contributed by atoms with E-state index in [2.05, 4.69) is 16.8 Å². The van der Waals surface area contributed by atoms with Crippen LogP contribution in [0.3, 0.4) is 0 Å². The standard InChI is InChI=1S/C15H23F2N3/c1-19(9-11-5-4-8-20(11)2)10-14(18)12-6-3-7-13(16)15(12)17/h3,6-7,11,14H,4-5,8-10,18H2,1-2H3. The van der Waals surface area contributed by atoms with Crippen molar-refractivity contribution in [3.63, 3.8) is 0 Å². The second-order valence-electron chi connectivity index (χ2n) is 5.75. The second-order valence-corrected chi connectivity index (χ2v) is 5.75. The molecule has 112 valence electrons. The maximum absolute atomic E-state index is 13.7. The molecule has 20 heavy (non-hydrogen) atoms. The SMILES string of the molecule is CN(CC(N)c1cccc(F)c1F)CC1CCCN1C. The number of hydrogen-bond donors (Lipinski definition) is 1. The first-order valence-corrected chi connectivity index (χ1v) is 7.07. The first-order valence-electron chi connectivity index (χ1n) is 7.07. The molecule has 2 rings (SSSR count). The van der Waals surface area contributed by atoms with E-state index in [1.54, 1.807) is 6.07 Å². The largest absolute Gasteiger partial charge is 0.323 e. The number of likely N-dealkylation sites (tertiary alicyclic amines) is 1. The molecule has 0 radical (unpaired) electrons. The summed E-state index contributed by atoms with van der Waals surface area (Å²) in [6.45, 7) is 2.55. The Morgan fingerprint density at radius 3 is 2.85 bits per heavy atom. The lowest BCUT2D eigenvalue weighted by Crippen LogP contribution is -2.39. The first-order chi connectivity index (χ1) is 9.49. The number of rotatable bonds is 5. The topological polar surface area (TPSA) is 32.5 Å². The van der Waals surface area contributed by atoms with Crippen molar-refractivity contribution in [2.45, 2.75) is 24.9 Å². The average molecular weight is 283 g/mol. The van der Waals surface area contributed by atoms with E-state index in [-0.39, 0.29) is 5.56 Å². The molecule has 0 aliphatic carbocycles. The van der Waals surface area contributed by atoms with E-state index in [4.69, 9.17) is 5.73 Å². The maximum Gasteiger partial charge on any atom is 0.163 e. The Kier molecular flexibility index (Phi) is 5.07. The number of halogens is 2. The summed E-state index contributed by atoms with van der Waals surface area (Å²) in [4.78, 5) is 4.44. The molecule has 1 aliphatic rings. The Balaban J connectivity index is 1.93. The monoisotopic (exact) mass is 283 g/mol. The summed E-state index contributed by atoms with van der Waals surface area (Å²) in [6, 6.07) is 4.19. The molecule has 0 amide bonds. The number of hydrogen-bond acceptors (Lipinski definition) is 3. The van der Waals surface area contributed by atoms with Crippen molar-refractivity contribution in [2.75, 3.05) is 33.7 Å². The minimum absolute atomic E-state index is 0.247. The zero-order chi connectivity index (χ0) is 14.7. The van der Waals surface area contributed by atoms with Crippen LogP contribution in [0.15, 0.2) is 18.2 Å². The zero-order valence-electron chi connectivity index (χ0n) is 12.1. The predicted molar refractivity (Wildman–Crippen MR) is 76.4 cm³/mol. The summed E-state index contributed by atoms with van der Waals surface area (Å²) >= 11 is 0. The molecule has 0 bridgehead atoms. The van der Waals surface area contributed by atoms with E-state index >= 15 is 0 Å². The Hall–Kier alpha value is -1.04. The van der Waals surface area contributed by atoms with Gasteiger partial charge in [0.25, 0.3) is 0 Å². The van der Waals surface area contributed by atoms with Crippen LogP contribution in [-0.2, 0) is 0 Å². The Bertz CT molecular complexity index is 453.